The Balaban J connectivity index is 1.29. The highest BCUT2D eigenvalue weighted by Crippen LogP contribution is 2.46. The second kappa shape index (κ2) is 7.37. The number of pyridine rings is 1. The van der Waals surface area contributed by atoms with Crippen LogP contribution in [-0.4, -0.2) is 44.6 Å². The summed E-state index contributed by atoms with van der Waals surface area (Å²) < 4.78 is 2.04. The number of carbonyl (C=O) groups excluding carboxylic acids is 2. The van der Waals surface area contributed by atoms with E-state index in [9.17, 15) is 9.59 Å². The quantitative estimate of drug-likeness (QED) is 0.794. The van der Waals surface area contributed by atoms with E-state index in [-0.39, 0.29) is 29.6 Å². The van der Waals surface area contributed by atoms with Crippen LogP contribution >= 0.6 is 0 Å². The van der Waals surface area contributed by atoms with E-state index in [1.165, 1.54) is 0 Å². The molecule has 1 atom stereocenters. The van der Waals surface area contributed by atoms with Crippen molar-refractivity contribution in [3.8, 4) is 0 Å². The van der Waals surface area contributed by atoms with Crippen molar-refractivity contribution in [3.63, 3.8) is 0 Å². The number of amides is 2. The number of aromatic nitrogens is 3. The fourth-order valence-electron chi connectivity index (χ4n) is 3.95. The second-order valence-corrected chi connectivity index (χ2v) is 8.34. The van der Waals surface area contributed by atoms with Gasteiger partial charge in [0.2, 0.25) is 11.8 Å². The van der Waals surface area contributed by atoms with E-state index >= 15 is 0 Å². The van der Waals surface area contributed by atoms with Gasteiger partial charge in [-0.05, 0) is 44.4 Å². The first-order chi connectivity index (χ1) is 13.4. The molecule has 7 nitrogen and oxygen atoms in total. The van der Waals surface area contributed by atoms with Gasteiger partial charge < -0.3 is 10.2 Å². The number of aryl methyl sites for hydroxylation is 2. The highest BCUT2D eigenvalue weighted by molar-refractivity contribution is 5.89. The Kier molecular flexibility index (Phi) is 4.91. The maximum Gasteiger partial charge on any atom is 0.225 e. The van der Waals surface area contributed by atoms with Gasteiger partial charge in [0, 0.05) is 56.1 Å². The second-order valence-electron chi connectivity index (χ2n) is 8.34. The molecule has 1 saturated heterocycles. The first-order valence-electron chi connectivity index (χ1n) is 9.90. The van der Waals surface area contributed by atoms with Crippen LogP contribution in [-0.2, 0) is 22.7 Å². The van der Waals surface area contributed by atoms with Crippen LogP contribution in [0.5, 0.6) is 0 Å². The fraction of sp³-hybridized carbons (Fsp3) is 0.524. The molecule has 1 N–H and O–H groups in total. The predicted octanol–water partition coefficient (Wildman–Crippen LogP) is 1.84. The average Bonchev–Trinajstić information content (AvgIpc) is 3.24. The molecule has 2 aromatic rings. The Morgan fingerprint density at radius 1 is 1.36 bits per heavy atom. The van der Waals surface area contributed by atoms with Gasteiger partial charge in [-0.25, -0.2) is 0 Å². The number of likely N-dealkylation sites (tertiary alicyclic amines) is 1. The number of hydrogen-bond donors (Lipinski definition) is 1. The van der Waals surface area contributed by atoms with E-state index in [4.69, 9.17) is 0 Å². The molecule has 0 unspecified atom stereocenters. The molecule has 28 heavy (non-hydrogen) atoms. The Hall–Kier alpha value is -2.70. The Morgan fingerprint density at radius 3 is 2.82 bits per heavy atom. The summed E-state index contributed by atoms with van der Waals surface area (Å²) in [5.74, 6) is -0.247. The van der Waals surface area contributed by atoms with E-state index in [0.717, 1.165) is 36.3 Å². The van der Waals surface area contributed by atoms with Crippen molar-refractivity contribution in [3.05, 3.63) is 47.5 Å². The monoisotopic (exact) mass is 381 g/mol. The summed E-state index contributed by atoms with van der Waals surface area (Å²) in [6.45, 7) is 6.54. The first-order valence-corrected chi connectivity index (χ1v) is 9.90. The lowest BCUT2D eigenvalue weighted by Crippen LogP contribution is -2.37. The van der Waals surface area contributed by atoms with Crippen LogP contribution in [0.15, 0.2) is 30.6 Å². The average molecular weight is 381 g/mol. The molecule has 1 aliphatic heterocycles. The van der Waals surface area contributed by atoms with Crippen LogP contribution in [0.4, 0.5) is 0 Å². The summed E-state index contributed by atoms with van der Waals surface area (Å²) in [7, 11) is 0. The lowest BCUT2D eigenvalue weighted by atomic mass is 10.1. The third kappa shape index (κ3) is 4.08. The van der Waals surface area contributed by atoms with Crippen molar-refractivity contribution < 1.29 is 9.59 Å². The van der Waals surface area contributed by atoms with Crippen LogP contribution in [0.1, 0.15) is 36.2 Å². The molecular formula is C21H27N5O2. The van der Waals surface area contributed by atoms with Crippen LogP contribution in [0.3, 0.4) is 0 Å². The SMILES string of the molecule is Cc1cc(C)n(CC2(CNC(=O)[C@H]3CC(=O)N(Cc4cccnc4)C3)CC2)n1. The molecule has 3 heterocycles. The lowest BCUT2D eigenvalue weighted by Gasteiger charge is -2.19. The number of rotatable bonds is 7. The number of hydrogen-bond acceptors (Lipinski definition) is 4. The van der Waals surface area contributed by atoms with Gasteiger partial charge in [0.25, 0.3) is 0 Å². The summed E-state index contributed by atoms with van der Waals surface area (Å²) in [6.07, 6.45) is 5.96. The third-order valence-electron chi connectivity index (χ3n) is 5.86. The summed E-state index contributed by atoms with van der Waals surface area (Å²) >= 11 is 0. The predicted molar refractivity (Wildman–Crippen MR) is 104 cm³/mol. The van der Waals surface area contributed by atoms with E-state index < -0.39 is 0 Å². The molecule has 2 aliphatic rings. The topological polar surface area (TPSA) is 80.1 Å². The Labute approximate surface area is 165 Å². The van der Waals surface area contributed by atoms with Gasteiger partial charge in [-0.15, -0.1) is 0 Å². The molecule has 0 radical (unpaired) electrons. The maximum absolute atomic E-state index is 12.7. The zero-order chi connectivity index (χ0) is 19.7. The van der Waals surface area contributed by atoms with E-state index in [1.54, 1.807) is 17.3 Å². The lowest BCUT2D eigenvalue weighted by molar-refractivity contribution is -0.129. The number of carbonyl (C=O) groups is 2. The zero-order valence-corrected chi connectivity index (χ0v) is 16.5. The van der Waals surface area contributed by atoms with E-state index in [1.807, 2.05) is 23.7 Å². The van der Waals surface area contributed by atoms with Crippen molar-refractivity contribution in [2.24, 2.45) is 11.3 Å². The van der Waals surface area contributed by atoms with E-state index in [2.05, 4.69) is 28.4 Å². The molecule has 1 aliphatic carbocycles. The van der Waals surface area contributed by atoms with Gasteiger partial charge in [0.05, 0.1) is 11.6 Å². The molecule has 2 fully saturated rings. The molecule has 148 valence electrons. The highest BCUT2D eigenvalue weighted by Gasteiger charge is 2.44. The number of nitrogens with one attached hydrogen (secondary N) is 1. The summed E-state index contributed by atoms with van der Waals surface area (Å²) in [6, 6.07) is 5.89. The summed E-state index contributed by atoms with van der Waals surface area (Å²) in [5, 5.41) is 7.65. The van der Waals surface area contributed by atoms with Gasteiger partial charge in [-0.3, -0.25) is 19.3 Å². The maximum atomic E-state index is 12.7. The molecule has 1 saturated carbocycles. The normalized spacial score (nSPS) is 20.4. The largest absolute Gasteiger partial charge is 0.355 e. The summed E-state index contributed by atoms with van der Waals surface area (Å²) in [5.41, 5.74) is 3.27. The van der Waals surface area contributed by atoms with Crippen molar-refractivity contribution in [1.29, 1.82) is 0 Å². The minimum absolute atomic E-state index is 0.0123. The van der Waals surface area contributed by atoms with Gasteiger partial charge in [0.15, 0.2) is 0 Å². The molecule has 2 aromatic heterocycles. The molecule has 4 rings (SSSR count). The minimum Gasteiger partial charge on any atom is -0.355 e. The van der Waals surface area contributed by atoms with Gasteiger partial charge in [0.1, 0.15) is 0 Å². The molecule has 0 spiro atoms. The van der Waals surface area contributed by atoms with Crippen LogP contribution in [0, 0.1) is 25.2 Å². The molecular weight excluding hydrogens is 354 g/mol. The fourth-order valence-corrected chi connectivity index (χ4v) is 3.95. The van der Waals surface area contributed by atoms with E-state index in [0.29, 0.717) is 19.6 Å². The molecule has 2 amide bonds. The van der Waals surface area contributed by atoms with Crippen LogP contribution in [0.25, 0.3) is 0 Å². The standard InChI is InChI=1S/C21H27N5O2/c1-15-8-16(2)26(24-15)14-21(5-6-21)13-23-20(28)18-9-19(27)25(12-18)11-17-4-3-7-22-10-17/h3-4,7-8,10,18H,5-6,9,11-14H2,1-2H3,(H,23,28)/t18-/m0/s1. The van der Waals surface area contributed by atoms with Crippen molar-refractivity contribution in [2.45, 2.75) is 46.2 Å². The minimum atomic E-state index is -0.270. The zero-order valence-electron chi connectivity index (χ0n) is 16.5. The van der Waals surface area contributed by atoms with Gasteiger partial charge in [-0.2, -0.15) is 5.10 Å². The van der Waals surface area contributed by atoms with Gasteiger partial charge in [-0.1, -0.05) is 6.07 Å². The molecule has 7 heteroatoms. The van der Waals surface area contributed by atoms with Crippen LogP contribution < -0.4 is 5.32 Å². The summed E-state index contributed by atoms with van der Waals surface area (Å²) in [4.78, 5) is 30.8. The molecule has 0 aromatic carbocycles. The third-order valence-corrected chi connectivity index (χ3v) is 5.86. The van der Waals surface area contributed by atoms with Crippen molar-refractivity contribution in [2.75, 3.05) is 13.1 Å². The van der Waals surface area contributed by atoms with Crippen molar-refractivity contribution >= 4 is 11.8 Å². The Bertz CT molecular complexity index is 872. The van der Waals surface area contributed by atoms with Gasteiger partial charge >= 0.3 is 0 Å². The first kappa shape index (κ1) is 18.7. The number of nitrogens with zero attached hydrogens (tertiary/aromatic N) is 4. The molecule has 0 bridgehead atoms. The Morgan fingerprint density at radius 2 is 2.18 bits per heavy atom. The van der Waals surface area contributed by atoms with Crippen molar-refractivity contribution in [1.82, 2.24) is 25.0 Å². The van der Waals surface area contributed by atoms with Crippen LogP contribution in [0.2, 0.25) is 0 Å². The highest BCUT2D eigenvalue weighted by atomic mass is 16.2. The smallest absolute Gasteiger partial charge is 0.225 e.